The Morgan fingerprint density at radius 1 is 0.362 bits per heavy atom. The van der Waals surface area contributed by atoms with Crippen LogP contribution in [0.3, 0.4) is 0 Å². The average molecular weight is 963 g/mol. The molecule has 69 heavy (non-hydrogen) atoms. The lowest BCUT2D eigenvalue weighted by Crippen LogP contribution is -2.26. The summed E-state index contributed by atoms with van der Waals surface area (Å²) in [5.41, 5.74) is 1.87. The highest BCUT2D eigenvalue weighted by Gasteiger charge is 2.20. The smallest absolute Gasteiger partial charge is 0.338 e. The van der Waals surface area contributed by atoms with Gasteiger partial charge in [-0.25, -0.2) is 27.6 Å². The largest absolute Gasteiger partial charge is 0.465 e. The third-order valence-electron chi connectivity index (χ3n) is 10.7. The van der Waals surface area contributed by atoms with Gasteiger partial charge >= 0.3 is 35.8 Å². The van der Waals surface area contributed by atoms with Crippen LogP contribution in [0.2, 0.25) is 0 Å². The van der Waals surface area contributed by atoms with Crippen LogP contribution in [-0.4, -0.2) is 68.5 Å². The van der Waals surface area contributed by atoms with Gasteiger partial charge in [-0.1, -0.05) is 114 Å². The second kappa shape index (κ2) is 33.1. The molecule has 0 heterocycles. The molecule has 0 radical (unpaired) electrons. The lowest BCUT2D eigenvalue weighted by molar-refractivity contribution is -0.191. The summed E-state index contributed by atoms with van der Waals surface area (Å²) in [6.45, 7) is 11.6. The van der Waals surface area contributed by atoms with Crippen LogP contribution >= 0.6 is 0 Å². The molecule has 0 saturated heterocycles. The van der Waals surface area contributed by atoms with Gasteiger partial charge in [0.1, 0.15) is 17.5 Å². The van der Waals surface area contributed by atoms with E-state index in [1.54, 1.807) is 0 Å². The zero-order valence-corrected chi connectivity index (χ0v) is 39.4. The van der Waals surface area contributed by atoms with Gasteiger partial charge < -0.3 is 28.4 Å². The Balaban J connectivity index is 1.31. The van der Waals surface area contributed by atoms with Crippen LogP contribution in [0.5, 0.6) is 0 Å². The molecule has 15 heteroatoms. The van der Waals surface area contributed by atoms with Gasteiger partial charge in [0.05, 0.1) is 49.6 Å². The molecule has 0 aromatic heterocycles. The highest BCUT2D eigenvalue weighted by Crippen LogP contribution is 2.19. The van der Waals surface area contributed by atoms with Crippen LogP contribution < -0.4 is 0 Å². The maximum absolute atomic E-state index is 13.2. The molecule has 374 valence electrons. The van der Waals surface area contributed by atoms with Gasteiger partial charge in [0, 0.05) is 19.3 Å². The summed E-state index contributed by atoms with van der Waals surface area (Å²) < 4.78 is 71.7. The second-order valence-corrected chi connectivity index (χ2v) is 16.3. The Bertz CT molecular complexity index is 2020. The highest BCUT2D eigenvalue weighted by molar-refractivity contribution is 6.16. The summed E-state index contributed by atoms with van der Waals surface area (Å²) in [5.74, 6) is -4.55. The lowest BCUT2D eigenvalue weighted by atomic mass is 10.1. The zero-order chi connectivity index (χ0) is 50.2. The van der Waals surface area contributed by atoms with Crippen molar-refractivity contribution < 1.29 is 70.4 Å². The molecule has 12 nitrogen and oxygen atoms in total. The van der Waals surface area contributed by atoms with E-state index in [-0.39, 0.29) is 68.8 Å². The van der Waals surface area contributed by atoms with Crippen molar-refractivity contribution in [3.8, 4) is 0 Å². The van der Waals surface area contributed by atoms with Crippen LogP contribution in [0.15, 0.2) is 92.5 Å². The fraction of sp³-hybridized carbons (Fsp3) is 0.444. The molecule has 0 aliphatic heterocycles. The fourth-order valence-electron chi connectivity index (χ4n) is 6.66. The highest BCUT2D eigenvalue weighted by atomic mass is 19.1. The first kappa shape index (κ1) is 56.8. The van der Waals surface area contributed by atoms with Crippen LogP contribution in [0.4, 0.5) is 13.2 Å². The van der Waals surface area contributed by atoms with Gasteiger partial charge in [-0.05, 0) is 91.6 Å². The number of hydrogen-bond donors (Lipinski definition) is 0. The van der Waals surface area contributed by atoms with Crippen molar-refractivity contribution >= 4 is 52.5 Å². The Hall–Kier alpha value is -6.51. The Labute approximate surface area is 403 Å². The molecular weight excluding hydrogens is 898 g/mol. The molecule has 3 rings (SSSR count). The van der Waals surface area contributed by atoms with Crippen molar-refractivity contribution in [2.45, 2.75) is 128 Å². The van der Waals surface area contributed by atoms with Gasteiger partial charge in [-0.2, -0.15) is 0 Å². The number of carbonyl (C=O) groups is 6. The van der Waals surface area contributed by atoms with E-state index < -0.39 is 59.6 Å². The summed E-state index contributed by atoms with van der Waals surface area (Å²) in [5, 5.41) is 0. The number of esters is 6. The zero-order valence-electron chi connectivity index (χ0n) is 39.4. The maximum Gasteiger partial charge on any atom is 0.338 e. The number of unbranched alkanes of at least 4 members (excludes halogenated alkanes) is 12. The molecule has 0 saturated carbocycles. The minimum atomic E-state index is -1.25. The van der Waals surface area contributed by atoms with E-state index in [4.69, 9.17) is 28.4 Å². The van der Waals surface area contributed by atoms with E-state index in [1.165, 1.54) is 72.8 Å². The van der Waals surface area contributed by atoms with Crippen LogP contribution in [0, 0.1) is 17.5 Å². The van der Waals surface area contributed by atoms with E-state index in [2.05, 4.69) is 19.7 Å². The van der Waals surface area contributed by atoms with E-state index in [0.717, 1.165) is 44.9 Å². The monoisotopic (exact) mass is 962 g/mol. The molecule has 0 aliphatic carbocycles. The number of rotatable bonds is 35. The van der Waals surface area contributed by atoms with Gasteiger partial charge in [0.15, 0.2) is 0 Å². The Morgan fingerprint density at radius 3 is 0.957 bits per heavy atom. The van der Waals surface area contributed by atoms with Crippen molar-refractivity contribution in [2.75, 3.05) is 26.4 Å². The molecule has 0 bridgehead atoms. The van der Waals surface area contributed by atoms with Crippen molar-refractivity contribution in [2.24, 2.45) is 0 Å². The average Bonchev–Trinajstić information content (AvgIpc) is 3.33. The molecule has 0 amide bonds. The van der Waals surface area contributed by atoms with Crippen LogP contribution in [0.1, 0.15) is 139 Å². The number of benzene rings is 3. The number of hydrogen-bond acceptors (Lipinski definition) is 12. The summed E-state index contributed by atoms with van der Waals surface area (Å²) in [6.07, 6.45) is 9.18. The van der Waals surface area contributed by atoms with Crippen molar-refractivity contribution in [1.82, 2.24) is 0 Å². The standard InChI is InChI=1S/C54H65F3O12/c1-39(42-22-28-45(55)29-23-42)52(61)65-35-16-10-4-7-13-19-48(58)64-38-34-51(68-49(59)20-14-8-5-11-17-36-66-53(62)40(2)43-24-30-46(56)31-25-43)69-50(60)21-15-9-6-12-18-37-67-54(63)41(3)44-26-32-47(57)33-27-44/h22-33,51H,1-21,34-38H2. The summed E-state index contributed by atoms with van der Waals surface area (Å²) in [4.78, 5) is 74.8. The normalized spacial score (nSPS) is 10.8. The predicted molar refractivity (Wildman–Crippen MR) is 254 cm³/mol. The minimum Gasteiger partial charge on any atom is -0.465 e. The van der Waals surface area contributed by atoms with Crippen LogP contribution in [-0.2, 0) is 57.2 Å². The predicted octanol–water partition coefficient (Wildman–Crippen LogP) is 11.5. The molecule has 0 unspecified atom stereocenters. The van der Waals surface area contributed by atoms with Gasteiger partial charge in [0.25, 0.3) is 6.29 Å². The Kier molecular flexibility index (Phi) is 27.2. The fourth-order valence-corrected chi connectivity index (χ4v) is 6.66. The summed E-state index contributed by atoms with van der Waals surface area (Å²) in [7, 11) is 0. The van der Waals surface area contributed by atoms with Crippen molar-refractivity contribution in [3.63, 3.8) is 0 Å². The third-order valence-corrected chi connectivity index (χ3v) is 10.7. The number of halogens is 3. The molecule has 3 aromatic carbocycles. The SMILES string of the molecule is C=C(C(=O)OCCCCCCCC(=O)OCCC(OC(=O)CCCCCCCOC(=O)C(=C)c1ccc(F)cc1)OC(=O)CCCCCCCOC(=O)C(=C)c1ccc(F)cc1)c1ccc(F)cc1. The van der Waals surface area contributed by atoms with Gasteiger partial charge in [0.2, 0.25) is 0 Å². The molecule has 3 aromatic rings. The van der Waals surface area contributed by atoms with E-state index >= 15 is 0 Å². The van der Waals surface area contributed by atoms with E-state index in [0.29, 0.717) is 68.1 Å². The topological polar surface area (TPSA) is 158 Å². The van der Waals surface area contributed by atoms with Gasteiger partial charge in [-0.3, -0.25) is 14.4 Å². The summed E-state index contributed by atoms with van der Waals surface area (Å²) >= 11 is 0. The first-order valence-electron chi connectivity index (χ1n) is 23.6. The molecular formula is C54H65F3O12. The number of carbonyl (C=O) groups excluding carboxylic acids is 6. The van der Waals surface area contributed by atoms with E-state index in [9.17, 15) is 41.9 Å². The van der Waals surface area contributed by atoms with Gasteiger partial charge in [-0.15, -0.1) is 0 Å². The molecule has 0 atom stereocenters. The molecule has 0 spiro atoms. The van der Waals surface area contributed by atoms with E-state index in [1.807, 2.05) is 0 Å². The third kappa shape index (κ3) is 24.4. The van der Waals surface area contributed by atoms with Crippen LogP contribution in [0.25, 0.3) is 16.7 Å². The maximum atomic E-state index is 13.2. The Morgan fingerprint density at radius 2 is 0.638 bits per heavy atom. The molecule has 0 N–H and O–H groups in total. The van der Waals surface area contributed by atoms with Crippen molar-refractivity contribution in [3.05, 3.63) is 127 Å². The molecule has 0 fully saturated rings. The van der Waals surface area contributed by atoms with Crippen molar-refractivity contribution in [1.29, 1.82) is 0 Å². The second-order valence-electron chi connectivity index (χ2n) is 16.3. The first-order chi connectivity index (χ1) is 33.2. The lowest BCUT2D eigenvalue weighted by Gasteiger charge is -2.18. The number of ether oxygens (including phenoxy) is 6. The minimum absolute atomic E-state index is 0.0475. The summed E-state index contributed by atoms with van der Waals surface area (Å²) in [6, 6.07) is 16.2. The molecule has 0 aliphatic rings. The quantitative estimate of drug-likeness (QED) is 0.0181. The first-order valence-corrected chi connectivity index (χ1v) is 23.6.